The highest BCUT2D eigenvalue weighted by Gasteiger charge is 2.11. The highest BCUT2D eigenvalue weighted by atomic mass is 19.1. The molecule has 0 fully saturated rings. The standard InChI is InChI=1S/C24H23FN2/c1-3-4-5-8-18-12-13-20-21-15-17(11-14-23(21)27-24(20)26-18)16(2)19-9-6-7-10-22(19)25/h6-7,9-15H,2-5,8H2,1H3,(H,26,27). The van der Waals surface area contributed by atoms with Crippen molar-refractivity contribution in [3.05, 3.63) is 83.8 Å². The van der Waals surface area contributed by atoms with E-state index in [9.17, 15) is 4.39 Å². The van der Waals surface area contributed by atoms with Crippen LogP contribution in [-0.4, -0.2) is 9.97 Å². The van der Waals surface area contributed by atoms with E-state index < -0.39 is 0 Å². The van der Waals surface area contributed by atoms with Crippen LogP contribution in [-0.2, 0) is 6.42 Å². The van der Waals surface area contributed by atoms with Crippen molar-refractivity contribution in [2.75, 3.05) is 0 Å². The summed E-state index contributed by atoms with van der Waals surface area (Å²) in [6.45, 7) is 6.33. The number of pyridine rings is 1. The fourth-order valence-electron chi connectivity index (χ4n) is 3.56. The predicted octanol–water partition coefficient (Wildman–Crippen LogP) is 6.65. The van der Waals surface area contributed by atoms with Gasteiger partial charge in [0.2, 0.25) is 0 Å². The molecular formula is C24H23FN2. The molecule has 0 saturated heterocycles. The Kier molecular flexibility index (Phi) is 4.76. The number of nitrogens with one attached hydrogen (secondary N) is 1. The van der Waals surface area contributed by atoms with Gasteiger partial charge in [-0.15, -0.1) is 0 Å². The number of hydrogen-bond acceptors (Lipinski definition) is 1. The maximum atomic E-state index is 14.1. The van der Waals surface area contributed by atoms with E-state index in [0.29, 0.717) is 11.1 Å². The molecule has 0 aliphatic rings. The van der Waals surface area contributed by atoms with E-state index in [1.54, 1.807) is 12.1 Å². The highest BCUT2D eigenvalue weighted by molar-refractivity contribution is 6.07. The van der Waals surface area contributed by atoms with Gasteiger partial charge in [0, 0.05) is 27.5 Å². The molecule has 0 unspecified atom stereocenters. The summed E-state index contributed by atoms with van der Waals surface area (Å²) in [4.78, 5) is 8.20. The minimum Gasteiger partial charge on any atom is -0.339 e. The van der Waals surface area contributed by atoms with Gasteiger partial charge in [-0.2, -0.15) is 0 Å². The van der Waals surface area contributed by atoms with Crippen LogP contribution < -0.4 is 0 Å². The molecule has 0 bridgehead atoms. The van der Waals surface area contributed by atoms with Crippen LogP contribution >= 0.6 is 0 Å². The van der Waals surface area contributed by atoms with E-state index in [4.69, 9.17) is 4.98 Å². The lowest BCUT2D eigenvalue weighted by Gasteiger charge is -2.08. The molecule has 2 heterocycles. The van der Waals surface area contributed by atoms with Crippen LogP contribution in [0, 0.1) is 5.82 Å². The predicted molar refractivity (Wildman–Crippen MR) is 111 cm³/mol. The Labute approximate surface area is 158 Å². The lowest BCUT2D eigenvalue weighted by Crippen LogP contribution is -1.90. The van der Waals surface area contributed by atoms with Crippen LogP contribution in [0.4, 0.5) is 4.39 Å². The van der Waals surface area contributed by atoms with E-state index in [0.717, 1.165) is 39.6 Å². The Morgan fingerprint density at radius 3 is 2.70 bits per heavy atom. The number of unbranched alkanes of at least 4 members (excludes halogenated alkanes) is 2. The first-order valence-electron chi connectivity index (χ1n) is 9.53. The van der Waals surface area contributed by atoms with Crippen molar-refractivity contribution >= 4 is 27.5 Å². The number of hydrogen-bond donors (Lipinski definition) is 1. The molecule has 4 rings (SSSR count). The summed E-state index contributed by atoms with van der Waals surface area (Å²) in [5, 5.41) is 2.18. The molecule has 0 radical (unpaired) electrons. The summed E-state index contributed by atoms with van der Waals surface area (Å²) in [6.07, 6.45) is 4.62. The van der Waals surface area contributed by atoms with Crippen molar-refractivity contribution in [1.82, 2.24) is 9.97 Å². The molecule has 136 valence electrons. The van der Waals surface area contributed by atoms with Crippen LogP contribution in [0.15, 0.2) is 61.2 Å². The van der Waals surface area contributed by atoms with Crippen molar-refractivity contribution in [3.8, 4) is 0 Å². The van der Waals surface area contributed by atoms with Crippen molar-refractivity contribution in [2.45, 2.75) is 32.6 Å². The summed E-state index contributed by atoms with van der Waals surface area (Å²) in [5.41, 5.74) is 5.21. The molecule has 4 aromatic rings. The number of aromatic amines is 1. The average molecular weight is 358 g/mol. The first-order chi connectivity index (χ1) is 13.2. The number of nitrogens with zero attached hydrogens (tertiary/aromatic N) is 1. The molecule has 0 aliphatic heterocycles. The van der Waals surface area contributed by atoms with Gasteiger partial charge in [-0.1, -0.05) is 50.6 Å². The third-order valence-corrected chi connectivity index (χ3v) is 5.10. The Bertz CT molecular complexity index is 1120. The largest absolute Gasteiger partial charge is 0.339 e. The summed E-state index contributed by atoms with van der Waals surface area (Å²) >= 11 is 0. The number of aromatic nitrogens is 2. The highest BCUT2D eigenvalue weighted by Crippen LogP contribution is 2.30. The zero-order valence-corrected chi connectivity index (χ0v) is 15.6. The first kappa shape index (κ1) is 17.5. The fraction of sp³-hybridized carbons (Fsp3) is 0.208. The van der Waals surface area contributed by atoms with Crippen molar-refractivity contribution in [1.29, 1.82) is 0 Å². The lowest BCUT2D eigenvalue weighted by molar-refractivity contribution is 0.624. The van der Waals surface area contributed by atoms with Gasteiger partial charge in [0.05, 0.1) is 0 Å². The normalized spacial score (nSPS) is 11.3. The van der Waals surface area contributed by atoms with Gasteiger partial charge in [0.15, 0.2) is 0 Å². The van der Waals surface area contributed by atoms with Crippen LogP contribution in [0.5, 0.6) is 0 Å². The molecule has 0 spiro atoms. The fourth-order valence-corrected chi connectivity index (χ4v) is 3.56. The maximum absolute atomic E-state index is 14.1. The number of rotatable bonds is 6. The molecule has 0 atom stereocenters. The van der Waals surface area contributed by atoms with Gasteiger partial charge in [-0.3, -0.25) is 0 Å². The van der Waals surface area contributed by atoms with Crippen molar-refractivity contribution < 1.29 is 4.39 Å². The van der Waals surface area contributed by atoms with Crippen LogP contribution in [0.1, 0.15) is 43.0 Å². The molecule has 2 aromatic heterocycles. The summed E-state index contributed by atoms with van der Waals surface area (Å²) in [7, 11) is 0. The summed E-state index contributed by atoms with van der Waals surface area (Å²) in [6, 6.07) is 17.1. The van der Waals surface area contributed by atoms with Crippen LogP contribution in [0.3, 0.4) is 0 Å². The Morgan fingerprint density at radius 2 is 1.89 bits per heavy atom. The van der Waals surface area contributed by atoms with Crippen LogP contribution in [0.2, 0.25) is 0 Å². The van der Waals surface area contributed by atoms with Gasteiger partial charge in [-0.25, -0.2) is 9.37 Å². The van der Waals surface area contributed by atoms with E-state index in [1.165, 1.54) is 25.3 Å². The van der Waals surface area contributed by atoms with Gasteiger partial charge in [0.25, 0.3) is 0 Å². The maximum Gasteiger partial charge on any atom is 0.138 e. The third-order valence-electron chi connectivity index (χ3n) is 5.10. The SMILES string of the molecule is C=C(c1ccc2[nH]c3nc(CCCCC)ccc3c2c1)c1ccccc1F. The topological polar surface area (TPSA) is 28.7 Å². The number of H-pyrrole nitrogens is 1. The van der Waals surface area contributed by atoms with E-state index in [1.807, 2.05) is 18.2 Å². The van der Waals surface area contributed by atoms with Crippen molar-refractivity contribution in [3.63, 3.8) is 0 Å². The minimum atomic E-state index is -0.250. The third kappa shape index (κ3) is 3.37. The molecule has 2 nitrogen and oxygen atoms in total. The molecule has 1 N–H and O–H groups in total. The van der Waals surface area contributed by atoms with Gasteiger partial charge < -0.3 is 4.98 Å². The molecule has 0 aliphatic carbocycles. The number of aryl methyl sites for hydroxylation is 1. The van der Waals surface area contributed by atoms with Gasteiger partial charge in [-0.05, 0) is 54.3 Å². The minimum absolute atomic E-state index is 0.250. The smallest absolute Gasteiger partial charge is 0.138 e. The second kappa shape index (κ2) is 7.36. The lowest BCUT2D eigenvalue weighted by atomic mass is 9.97. The second-order valence-corrected chi connectivity index (χ2v) is 7.00. The molecule has 3 heteroatoms. The summed E-state index contributed by atoms with van der Waals surface area (Å²) < 4.78 is 14.1. The monoisotopic (exact) mass is 358 g/mol. The van der Waals surface area contributed by atoms with E-state index in [2.05, 4.69) is 36.7 Å². The van der Waals surface area contributed by atoms with Gasteiger partial charge in [0.1, 0.15) is 11.5 Å². The molecular weight excluding hydrogens is 335 g/mol. The molecule has 0 saturated carbocycles. The molecule has 2 aromatic carbocycles. The Balaban J connectivity index is 1.72. The zero-order chi connectivity index (χ0) is 18.8. The zero-order valence-electron chi connectivity index (χ0n) is 15.6. The van der Waals surface area contributed by atoms with Crippen LogP contribution in [0.25, 0.3) is 27.5 Å². The van der Waals surface area contributed by atoms with E-state index >= 15 is 0 Å². The average Bonchev–Trinajstić information content (AvgIpc) is 3.05. The Hall–Kier alpha value is -2.94. The Morgan fingerprint density at radius 1 is 1.04 bits per heavy atom. The van der Waals surface area contributed by atoms with Gasteiger partial charge >= 0.3 is 0 Å². The molecule has 0 amide bonds. The number of fused-ring (bicyclic) bond motifs is 3. The van der Waals surface area contributed by atoms with Crippen molar-refractivity contribution in [2.24, 2.45) is 0 Å². The first-order valence-corrected chi connectivity index (χ1v) is 9.53. The number of halogens is 1. The summed E-state index contributed by atoms with van der Waals surface area (Å²) in [5.74, 6) is -0.250. The molecule has 27 heavy (non-hydrogen) atoms. The number of benzene rings is 2. The quantitative estimate of drug-likeness (QED) is 0.384. The van der Waals surface area contributed by atoms with E-state index in [-0.39, 0.29) is 5.82 Å². The second-order valence-electron chi connectivity index (χ2n) is 7.00.